The van der Waals surface area contributed by atoms with Crippen molar-refractivity contribution in [1.82, 2.24) is 10.6 Å². The number of hydrogen-bond acceptors (Lipinski definition) is 3. The summed E-state index contributed by atoms with van der Waals surface area (Å²) >= 11 is 0. The van der Waals surface area contributed by atoms with Crippen molar-refractivity contribution in [2.45, 2.75) is 33.0 Å². The minimum absolute atomic E-state index is 0.131. The number of rotatable bonds is 7. The fourth-order valence-corrected chi connectivity index (χ4v) is 2.67. The van der Waals surface area contributed by atoms with Gasteiger partial charge in [-0.1, -0.05) is 24.3 Å². The number of alkyl halides is 3. The molecule has 2 amide bonds. The molecule has 0 saturated heterocycles. The van der Waals surface area contributed by atoms with Gasteiger partial charge in [0.15, 0.2) is 0 Å². The van der Waals surface area contributed by atoms with Crippen molar-refractivity contribution in [2.75, 3.05) is 18.4 Å². The number of hydrogen-bond donors (Lipinski definition) is 3. The molecule has 0 bridgehead atoms. The van der Waals surface area contributed by atoms with E-state index >= 15 is 0 Å². The lowest BCUT2D eigenvalue weighted by Gasteiger charge is -2.16. The molecule has 8 heteroatoms. The van der Waals surface area contributed by atoms with Gasteiger partial charge in [-0.25, -0.2) is 0 Å². The zero-order valence-electron chi connectivity index (χ0n) is 16.5. The molecule has 5 nitrogen and oxygen atoms in total. The third-order valence-electron chi connectivity index (χ3n) is 4.61. The Balaban J connectivity index is 1.81. The van der Waals surface area contributed by atoms with E-state index in [1.807, 2.05) is 26.0 Å². The van der Waals surface area contributed by atoms with Crippen molar-refractivity contribution in [1.29, 1.82) is 0 Å². The van der Waals surface area contributed by atoms with Crippen LogP contribution in [0.25, 0.3) is 0 Å². The summed E-state index contributed by atoms with van der Waals surface area (Å²) in [5.74, 6) is -0.794. The van der Waals surface area contributed by atoms with Gasteiger partial charge in [-0.05, 0) is 55.7 Å². The van der Waals surface area contributed by atoms with Crippen LogP contribution in [0.15, 0.2) is 42.5 Å². The van der Waals surface area contributed by atoms with Crippen molar-refractivity contribution >= 4 is 17.5 Å². The first-order chi connectivity index (χ1) is 13.6. The van der Waals surface area contributed by atoms with Crippen LogP contribution < -0.4 is 16.0 Å². The molecule has 156 valence electrons. The van der Waals surface area contributed by atoms with E-state index < -0.39 is 23.7 Å². The lowest BCUT2D eigenvalue weighted by molar-refractivity contribution is -0.137. The number of amides is 2. The topological polar surface area (TPSA) is 70.2 Å². The van der Waals surface area contributed by atoms with Crippen LogP contribution in [-0.4, -0.2) is 24.9 Å². The molecular formula is C21H24F3N3O2. The molecule has 0 unspecified atom stereocenters. The van der Waals surface area contributed by atoms with Crippen LogP contribution in [0.4, 0.5) is 18.9 Å². The van der Waals surface area contributed by atoms with Crippen LogP contribution in [-0.2, 0) is 15.8 Å². The fourth-order valence-electron chi connectivity index (χ4n) is 2.67. The van der Waals surface area contributed by atoms with Crippen LogP contribution in [0.3, 0.4) is 0 Å². The molecule has 0 fully saturated rings. The Morgan fingerprint density at radius 3 is 2.38 bits per heavy atom. The highest BCUT2D eigenvalue weighted by atomic mass is 19.4. The summed E-state index contributed by atoms with van der Waals surface area (Å²) in [6.07, 6.45) is -4.42. The molecule has 0 heterocycles. The number of anilines is 1. The van der Waals surface area contributed by atoms with E-state index in [9.17, 15) is 22.8 Å². The average Bonchev–Trinajstić information content (AvgIpc) is 2.67. The van der Waals surface area contributed by atoms with Crippen LogP contribution in [0.1, 0.15) is 35.2 Å². The first-order valence-corrected chi connectivity index (χ1v) is 9.11. The fraction of sp³-hybridized carbons (Fsp3) is 0.333. The zero-order chi connectivity index (χ0) is 21.6. The first-order valence-electron chi connectivity index (χ1n) is 9.11. The summed E-state index contributed by atoms with van der Waals surface area (Å²) in [7, 11) is 0. The van der Waals surface area contributed by atoms with E-state index in [4.69, 9.17) is 0 Å². The predicted octanol–water partition coefficient (Wildman–Crippen LogP) is 3.73. The highest BCUT2D eigenvalue weighted by Gasteiger charge is 2.30. The zero-order valence-corrected chi connectivity index (χ0v) is 16.5. The maximum Gasteiger partial charge on any atom is 0.416 e. The second kappa shape index (κ2) is 9.56. The summed E-state index contributed by atoms with van der Waals surface area (Å²) in [4.78, 5) is 24.0. The van der Waals surface area contributed by atoms with Crippen molar-refractivity contribution in [3.63, 3.8) is 0 Å². The Kier molecular flexibility index (Phi) is 7.39. The van der Waals surface area contributed by atoms with E-state index in [2.05, 4.69) is 16.0 Å². The van der Waals surface area contributed by atoms with Gasteiger partial charge in [-0.2, -0.15) is 13.2 Å². The molecule has 0 aliphatic rings. The molecule has 2 rings (SSSR count). The quantitative estimate of drug-likeness (QED) is 0.655. The Labute approximate surface area is 167 Å². The SMILES string of the molecule is Cc1cccc(NC(=O)CNC(=O)CN[C@H](C)c2cccc(C(F)(F)F)c2)c1C. The van der Waals surface area contributed by atoms with E-state index in [1.54, 1.807) is 19.1 Å². The monoisotopic (exact) mass is 407 g/mol. The molecule has 0 radical (unpaired) electrons. The molecule has 29 heavy (non-hydrogen) atoms. The van der Waals surface area contributed by atoms with Crippen LogP contribution >= 0.6 is 0 Å². The molecule has 0 spiro atoms. The standard InChI is InChI=1S/C21H24F3N3O2/c1-13-6-4-9-18(14(13)2)27-20(29)12-26-19(28)11-25-15(3)16-7-5-8-17(10-16)21(22,23)24/h4-10,15,25H,11-12H2,1-3H3,(H,26,28)(H,27,29)/t15-/m1/s1. The molecule has 3 N–H and O–H groups in total. The Bertz CT molecular complexity index is 882. The van der Waals surface area contributed by atoms with Crippen LogP contribution in [0.5, 0.6) is 0 Å². The summed E-state index contributed by atoms with van der Waals surface area (Å²) in [6.45, 7) is 5.16. The lowest BCUT2D eigenvalue weighted by Crippen LogP contribution is -2.39. The maximum absolute atomic E-state index is 12.8. The average molecular weight is 407 g/mol. The molecule has 0 aliphatic carbocycles. The van der Waals surface area contributed by atoms with Crippen molar-refractivity contribution < 1.29 is 22.8 Å². The number of halogens is 3. The van der Waals surface area contributed by atoms with Crippen molar-refractivity contribution in [2.24, 2.45) is 0 Å². The van der Waals surface area contributed by atoms with Gasteiger partial charge in [0.2, 0.25) is 11.8 Å². The molecular weight excluding hydrogens is 383 g/mol. The normalized spacial score (nSPS) is 12.3. The lowest BCUT2D eigenvalue weighted by atomic mass is 10.0. The minimum atomic E-state index is -4.42. The largest absolute Gasteiger partial charge is 0.416 e. The Hall–Kier alpha value is -2.87. The van der Waals surface area contributed by atoms with Gasteiger partial charge in [-0.3, -0.25) is 9.59 Å². The van der Waals surface area contributed by atoms with Crippen LogP contribution in [0, 0.1) is 13.8 Å². The second-order valence-electron chi connectivity index (χ2n) is 6.80. The molecule has 1 atom stereocenters. The highest BCUT2D eigenvalue weighted by Crippen LogP contribution is 2.30. The number of aryl methyl sites for hydroxylation is 1. The molecule has 0 aromatic heterocycles. The van der Waals surface area contributed by atoms with E-state index in [1.165, 1.54) is 6.07 Å². The summed E-state index contributed by atoms with van der Waals surface area (Å²) < 4.78 is 38.4. The van der Waals surface area contributed by atoms with Gasteiger partial charge in [0.1, 0.15) is 0 Å². The predicted molar refractivity (Wildman–Crippen MR) is 105 cm³/mol. The Morgan fingerprint density at radius 2 is 1.69 bits per heavy atom. The van der Waals surface area contributed by atoms with E-state index in [-0.39, 0.29) is 19.0 Å². The van der Waals surface area contributed by atoms with Gasteiger partial charge < -0.3 is 16.0 Å². The van der Waals surface area contributed by atoms with Crippen LogP contribution in [0.2, 0.25) is 0 Å². The van der Waals surface area contributed by atoms with Gasteiger partial charge >= 0.3 is 6.18 Å². The van der Waals surface area contributed by atoms with E-state index in [0.717, 1.165) is 23.3 Å². The highest BCUT2D eigenvalue weighted by molar-refractivity contribution is 5.95. The third kappa shape index (κ3) is 6.60. The third-order valence-corrected chi connectivity index (χ3v) is 4.61. The first kappa shape index (κ1) is 22.4. The smallest absolute Gasteiger partial charge is 0.346 e. The van der Waals surface area contributed by atoms with Gasteiger partial charge in [0.05, 0.1) is 18.7 Å². The summed E-state index contributed by atoms with van der Waals surface area (Å²) in [6, 6.07) is 10.0. The van der Waals surface area contributed by atoms with E-state index in [0.29, 0.717) is 11.3 Å². The molecule has 2 aromatic carbocycles. The number of benzene rings is 2. The molecule has 2 aromatic rings. The summed E-state index contributed by atoms with van der Waals surface area (Å²) in [5, 5.41) is 8.08. The van der Waals surface area contributed by atoms with Gasteiger partial charge in [-0.15, -0.1) is 0 Å². The van der Waals surface area contributed by atoms with Gasteiger partial charge in [0.25, 0.3) is 0 Å². The Morgan fingerprint density at radius 1 is 1.00 bits per heavy atom. The second-order valence-corrected chi connectivity index (χ2v) is 6.80. The number of carbonyl (C=O) groups excluding carboxylic acids is 2. The minimum Gasteiger partial charge on any atom is -0.346 e. The number of nitrogens with one attached hydrogen (secondary N) is 3. The molecule has 0 saturated carbocycles. The van der Waals surface area contributed by atoms with Crippen molar-refractivity contribution in [3.8, 4) is 0 Å². The maximum atomic E-state index is 12.8. The molecule has 0 aliphatic heterocycles. The van der Waals surface area contributed by atoms with Crippen molar-refractivity contribution in [3.05, 3.63) is 64.7 Å². The summed E-state index contributed by atoms with van der Waals surface area (Å²) in [5.41, 5.74) is 2.35. The van der Waals surface area contributed by atoms with Gasteiger partial charge in [0, 0.05) is 11.7 Å². The number of carbonyl (C=O) groups is 2.